The van der Waals surface area contributed by atoms with Gasteiger partial charge < -0.3 is 14.9 Å². The Morgan fingerprint density at radius 3 is 2.64 bits per heavy atom. The molecule has 3 rings (SSSR count). The van der Waals surface area contributed by atoms with Crippen LogP contribution < -0.4 is 4.90 Å². The molecule has 1 fully saturated rings. The number of anilines is 1. The lowest BCUT2D eigenvalue weighted by Gasteiger charge is -2.35. The molecule has 1 aliphatic rings. The van der Waals surface area contributed by atoms with Crippen LogP contribution in [0.15, 0.2) is 12.4 Å². The molecular formula is C17H22N4O3S. The highest BCUT2D eigenvalue weighted by molar-refractivity contribution is 7.18. The first kappa shape index (κ1) is 17.6. The maximum Gasteiger partial charge on any atom is 0.303 e. The number of aliphatic carboxylic acids is 1. The van der Waals surface area contributed by atoms with Crippen LogP contribution >= 0.6 is 11.3 Å². The van der Waals surface area contributed by atoms with Gasteiger partial charge in [-0.1, -0.05) is 6.92 Å². The Hall–Kier alpha value is -2.22. The van der Waals surface area contributed by atoms with Gasteiger partial charge in [0, 0.05) is 43.9 Å². The largest absolute Gasteiger partial charge is 0.481 e. The van der Waals surface area contributed by atoms with E-state index in [1.165, 1.54) is 4.88 Å². The average molecular weight is 362 g/mol. The number of nitrogens with zero attached hydrogens (tertiary/aromatic N) is 4. The Morgan fingerprint density at radius 1 is 1.20 bits per heavy atom. The zero-order chi connectivity index (χ0) is 17.8. The van der Waals surface area contributed by atoms with Gasteiger partial charge >= 0.3 is 5.97 Å². The first-order valence-electron chi connectivity index (χ1n) is 8.56. The molecule has 1 amide bonds. The van der Waals surface area contributed by atoms with E-state index in [4.69, 9.17) is 5.11 Å². The molecule has 1 aliphatic heterocycles. The monoisotopic (exact) mass is 362 g/mol. The molecule has 2 aromatic heterocycles. The molecule has 0 aromatic carbocycles. The van der Waals surface area contributed by atoms with Crippen molar-refractivity contribution in [3.8, 4) is 0 Å². The van der Waals surface area contributed by atoms with Gasteiger partial charge in [0.15, 0.2) is 0 Å². The molecule has 1 saturated heterocycles. The van der Waals surface area contributed by atoms with Crippen LogP contribution in [-0.2, 0) is 16.0 Å². The summed E-state index contributed by atoms with van der Waals surface area (Å²) >= 11 is 1.70. The highest BCUT2D eigenvalue weighted by Crippen LogP contribution is 2.30. The van der Waals surface area contributed by atoms with Crippen molar-refractivity contribution < 1.29 is 14.7 Å². The molecule has 0 aliphatic carbocycles. The summed E-state index contributed by atoms with van der Waals surface area (Å²) in [6, 6.07) is 2.17. The minimum Gasteiger partial charge on any atom is -0.481 e. The van der Waals surface area contributed by atoms with Crippen molar-refractivity contribution in [1.82, 2.24) is 14.9 Å². The van der Waals surface area contributed by atoms with Gasteiger partial charge in [-0.25, -0.2) is 9.97 Å². The predicted molar refractivity (Wildman–Crippen MR) is 97.1 cm³/mol. The molecule has 134 valence electrons. The van der Waals surface area contributed by atoms with Crippen LogP contribution in [0.2, 0.25) is 0 Å². The van der Waals surface area contributed by atoms with Crippen LogP contribution in [0.5, 0.6) is 0 Å². The van der Waals surface area contributed by atoms with Gasteiger partial charge in [-0.15, -0.1) is 11.3 Å². The zero-order valence-corrected chi connectivity index (χ0v) is 15.1. The van der Waals surface area contributed by atoms with E-state index < -0.39 is 5.97 Å². The number of amides is 1. The van der Waals surface area contributed by atoms with Crippen molar-refractivity contribution in [2.24, 2.45) is 0 Å². The SMILES string of the molecule is CCc1cc2c(N3CCN(C(=O)CCCC(=O)O)CC3)ncnc2s1. The van der Waals surface area contributed by atoms with Gasteiger partial charge in [0.05, 0.1) is 5.39 Å². The summed E-state index contributed by atoms with van der Waals surface area (Å²) in [5, 5.41) is 9.75. The van der Waals surface area contributed by atoms with Crippen molar-refractivity contribution in [2.75, 3.05) is 31.1 Å². The lowest BCUT2D eigenvalue weighted by molar-refractivity contribution is -0.137. The lowest BCUT2D eigenvalue weighted by atomic mass is 10.2. The number of piperazine rings is 1. The fraction of sp³-hybridized carbons (Fsp3) is 0.529. The molecule has 7 nitrogen and oxygen atoms in total. The molecule has 0 spiro atoms. The number of hydrogen-bond acceptors (Lipinski definition) is 6. The molecule has 0 saturated carbocycles. The summed E-state index contributed by atoms with van der Waals surface area (Å²) in [6.07, 6.45) is 3.34. The van der Waals surface area contributed by atoms with Crippen LogP contribution in [0.1, 0.15) is 31.1 Å². The van der Waals surface area contributed by atoms with Crippen LogP contribution in [0.25, 0.3) is 10.2 Å². The second-order valence-corrected chi connectivity index (χ2v) is 7.21. The first-order chi connectivity index (χ1) is 12.1. The van der Waals surface area contributed by atoms with E-state index in [0.717, 1.165) is 35.5 Å². The predicted octanol–water partition coefficient (Wildman–Crippen LogP) is 2.16. The summed E-state index contributed by atoms with van der Waals surface area (Å²) in [5.74, 6) is 0.129. The van der Waals surface area contributed by atoms with Gasteiger partial charge in [-0.05, 0) is 18.9 Å². The van der Waals surface area contributed by atoms with Crippen LogP contribution in [0.3, 0.4) is 0 Å². The maximum absolute atomic E-state index is 12.2. The lowest BCUT2D eigenvalue weighted by Crippen LogP contribution is -2.49. The number of carbonyl (C=O) groups excluding carboxylic acids is 1. The second kappa shape index (κ2) is 7.77. The van der Waals surface area contributed by atoms with Crippen molar-refractivity contribution in [1.29, 1.82) is 0 Å². The van der Waals surface area contributed by atoms with Crippen LogP contribution in [-0.4, -0.2) is 58.0 Å². The topological polar surface area (TPSA) is 86.6 Å². The van der Waals surface area contributed by atoms with E-state index in [2.05, 4.69) is 27.9 Å². The number of carbonyl (C=O) groups is 2. The number of hydrogen-bond donors (Lipinski definition) is 1. The van der Waals surface area contributed by atoms with Crippen molar-refractivity contribution >= 4 is 39.2 Å². The summed E-state index contributed by atoms with van der Waals surface area (Å²) in [4.78, 5) is 37.9. The van der Waals surface area contributed by atoms with Gasteiger partial charge in [0.1, 0.15) is 17.0 Å². The quantitative estimate of drug-likeness (QED) is 0.847. The molecule has 0 radical (unpaired) electrons. The van der Waals surface area contributed by atoms with Gasteiger partial charge in [0.2, 0.25) is 5.91 Å². The smallest absolute Gasteiger partial charge is 0.303 e. The van der Waals surface area contributed by atoms with E-state index in [9.17, 15) is 9.59 Å². The van der Waals surface area contributed by atoms with Gasteiger partial charge in [-0.3, -0.25) is 9.59 Å². The Kier molecular flexibility index (Phi) is 5.47. The molecule has 3 heterocycles. The third-order valence-corrected chi connectivity index (χ3v) is 5.61. The number of thiophene rings is 1. The number of carboxylic acids is 1. The molecular weight excluding hydrogens is 340 g/mol. The van der Waals surface area contributed by atoms with E-state index in [-0.39, 0.29) is 12.3 Å². The summed E-state index contributed by atoms with van der Waals surface area (Å²) < 4.78 is 0. The van der Waals surface area contributed by atoms with E-state index in [0.29, 0.717) is 25.9 Å². The number of rotatable bonds is 6. The minimum absolute atomic E-state index is 0.0394. The second-order valence-electron chi connectivity index (χ2n) is 6.10. The van der Waals surface area contributed by atoms with E-state index in [1.54, 1.807) is 17.7 Å². The Balaban J connectivity index is 1.62. The highest BCUT2D eigenvalue weighted by atomic mass is 32.1. The van der Waals surface area contributed by atoms with E-state index >= 15 is 0 Å². The molecule has 0 bridgehead atoms. The van der Waals surface area contributed by atoms with Crippen molar-refractivity contribution in [3.05, 3.63) is 17.3 Å². The molecule has 1 N–H and O–H groups in total. The maximum atomic E-state index is 12.2. The molecule has 0 atom stereocenters. The third-order valence-electron chi connectivity index (χ3n) is 4.42. The first-order valence-corrected chi connectivity index (χ1v) is 9.38. The Morgan fingerprint density at radius 2 is 1.96 bits per heavy atom. The highest BCUT2D eigenvalue weighted by Gasteiger charge is 2.23. The van der Waals surface area contributed by atoms with E-state index in [1.807, 2.05) is 4.90 Å². The standard InChI is InChI=1S/C17H22N4O3S/c1-2-12-10-13-16(18-11-19-17(13)25-12)21-8-6-20(7-9-21)14(22)4-3-5-15(23)24/h10-11H,2-9H2,1H3,(H,23,24). The van der Waals surface area contributed by atoms with Crippen LogP contribution in [0.4, 0.5) is 5.82 Å². The Labute approximate surface area is 150 Å². The number of fused-ring (bicyclic) bond motifs is 1. The molecule has 2 aromatic rings. The molecule has 8 heteroatoms. The number of carboxylic acid groups (broad SMARTS) is 1. The summed E-state index contributed by atoms with van der Waals surface area (Å²) in [7, 11) is 0. The zero-order valence-electron chi connectivity index (χ0n) is 14.3. The molecule has 25 heavy (non-hydrogen) atoms. The Bertz CT molecular complexity index is 768. The van der Waals surface area contributed by atoms with Gasteiger partial charge in [-0.2, -0.15) is 0 Å². The summed E-state index contributed by atoms with van der Waals surface area (Å²) in [5.41, 5.74) is 0. The third kappa shape index (κ3) is 4.07. The average Bonchev–Trinajstić information content (AvgIpc) is 3.05. The van der Waals surface area contributed by atoms with Crippen molar-refractivity contribution in [2.45, 2.75) is 32.6 Å². The van der Waals surface area contributed by atoms with Crippen LogP contribution in [0, 0.1) is 0 Å². The number of aromatic nitrogens is 2. The normalized spacial score (nSPS) is 14.9. The fourth-order valence-electron chi connectivity index (χ4n) is 3.04. The minimum atomic E-state index is -0.854. The van der Waals surface area contributed by atoms with Crippen molar-refractivity contribution in [3.63, 3.8) is 0 Å². The molecule has 0 unspecified atom stereocenters. The summed E-state index contributed by atoms with van der Waals surface area (Å²) in [6.45, 7) is 4.87. The fourth-order valence-corrected chi connectivity index (χ4v) is 3.97. The number of aryl methyl sites for hydroxylation is 1. The van der Waals surface area contributed by atoms with Gasteiger partial charge in [0.25, 0.3) is 0 Å².